The smallest absolute Gasteiger partial charge is 0.193 e. The Morgan fingerprint density at radius 3 is 2.24 bits per heavy atom. The van der Waals surface area contributed by atoms with Crippen LogP contribution in [0.2, 0.25) is 0 Å². The third-order valence-electron chi connectivity index (χ3n) is 4.65. The number of hydrogen-bond acceptors (Lipinski definition) is 2. The molecule has 0 aliphatic carbocycles. The fraction of sp³-hybridized carbons (Fsp3) is 0.240. The van der Waals surface area contributed by atoms with Gasteiger partial charge in [0.05, 0.1) is 6.54 Å². The van der Waals surface area contributed by atoms with Gasteiger partial charge in [-0.25, -0.2) is 4.99 Å². The maximum atomic E-state index is 6.03. The molecule has 0 bridgehead atoms. The van der Waals surface area contributed by atoms with Gasteiger partial charge in [-0.15, -0.1) is 0 Å². The monoisotopic (exact) mass is 387 g/mol. The fourth-order valence-electron chi connectivity index (χ4n) is 2.93. The van der Waals surface area contributed by atoms with Gasteiger partial charge < -0.3 is 15.8 Å². The molecule has 0 heterocycles. The molecule has 29 heavy (non-hydrogen) atoms. The molecule has 150 valence electrons. The zero-order valence-electron chi connectivity index (χ0n) is 17.0. The molecular formula is C25H29N3O. The van der Waals surface area contributed by atoms with Crippen molar-refractivity contribution in [3.8, 4) is 5.75 Å². The predicted molar refractivity (Wildman–Crippen MR) is 121 cm³/mol. The summed E-state index contributed by atoms with van der Waals surface area (Å²) in [6.45, 7) is 3.29. The second-order valence-electron chi connectivity index (χ2n) is 7.05. The summed E-state index contributed by atoms with van der Waals surface area (Å²) in [4.78, 5) is 4.43. The van der Waals surface area contributed by atoms with Crippen molar-refractivity contribution in [1.29, 1.82) is 0 Å². The number of unbranched alkanes of at least 4 members (excludes halogenated alkanes) is 1. The number of ether oxygens (including phenoxy) is 1. The Bertz CT molecular complexity index is 888. The molecule has 3 aromatic carbocycles. The molecule has 0 aliphatic heterocycles. The van der Waals surface area contributed by atoms with Gasteiger partial charge in [0.2, 0.25) is 0 Å². The normalized spacial score (nSPS) is 11.3. The molecule has 0 amide bonds. The number of aliphatic imine (C=N–C) groups is 1. The summed E-state index contributed by atoms with van der Waals surface area (Å²) in [5, 5.41) is 3.15. The molecule has 0 unspecified atom stereocenters. The Morgan fingerprint density at radius 1 is 0.862 bits per heavy atom. The van der Waals surface area contributed by atoms with Crippen molar-refractivity contribution < 1.29 is 4.74 Å². The number of nitrogens with zero attached hydrogens (tertiary/aromatic N) is 1. The highest BCUT2D eigenvalue weighted by molar-refractivity contribution is 5.92. The molecule has 4 heteroatoms. The van der Waals surface area contributed by atoms with Crippen LogP contribution in [0.15, 0.2) is 83.9 Å². The average molecular weight is 388 g/mol. The molecule has 3 rings (SSSR count). The van der Waals surface area contributed by atoms with E-state index < -0.39 is 0 Å². The van der Waals surface area contributed by atoms with Gasteiger partial charge >= 0.3 is 0 Å². The van der Waals surface area contributed by atoms with Crippen LogP contribution in [0.5, 0.6) is 5.75 Å². The van der Waals surface area contributed by atoms with Crippen LogP contribution in [0.4, 0.5) is 5.69 Å². The zero-order valence-corrected chi connectivity index (χ0v) is 17.0. The SMILES string of the molecule is CCCCc1ccc(NC(N)=NCc2ccc(OCc3ccccc3)cc2)cc1. The van der Waals surface area contributed by atoms with E-state index in [2.05, 4.69) is 41.5 Å². The number of guanidine groups is 1. The Labute approximate surface area is 173 Å². The first kappa shape index (κ1) is 20.5. The molecule has 4 nitrogen and oxygen atoms in total. The van der Waals surface area contributed by atoms with E-state index in [-0.39, 0.29) is 0 Å². The van der Waals surface area contributed by atoms with Crippen LogP contribution < -0.4 is 15.8 Å². The maximum absolute atomic E-state index is 6.03. The predicted octanol–water partition coefficient (Wildman–Crippen LogP) is 5.54. The van der Waals surface area contributed by atoms with Crippen LogP contribution in [-0.4, -0.2) is 5.96 Å². The van der Waals surface area contributed by atoms with E-state index in [9.17, 15) is 0 Å². The van der Waals surface area contributed by atoms with Gasteiger partial charge in [-0.05, 0) is 53.8 Å². The van der Waals surface area contributed by atoms with Crippen LogP contribution in [-0.2, 0) is 19.6 Å². The highest BCUT2D eigenvalue weighted by Crippen LogP contribution is 2.15. The van der Waals surface area contributed by atoms with E-state index >= 15 is 0 Å². The summed E-state index contributed by atoms with van der Waals surface area (Å²) in [5.41, 5.74) is 10.6. The lowest BCUT2D eigenvalue weighted by Gasteiger charge is -2.08. The number of aryl methyl sites for hydroxylation is 1. The van der Waals surface area contributed by atoms with Crippen molar-refractivity contribution in [1.82, 2.24) is 0 Å². The molecule has 0 spiro atoms. The summed E-state index contributed by atoms with van der Waals surface area (Å²) in [6, 6.07) is 26.5. The van der Waals surface area contributed by atoms with Crippen molar-refractivity contribution in [3.63, 3.8) is 0 Å². The van der Waals surface area contributed by atoms with E-state index in [4.69, 9.17) is 10.5 Å². The molecule has 0 radical (unpaired) electrons. The molecule has 3 N–H and O–H groups in total. The fourth-order valence-corrected chi connectivity index (χ4v) is 2.93. The Balaban J connectivity index is 1.47. The number of hydrogen-bond donors (Lipinski definition) is 2. The van der Waals surface area contributed by atoms with Gasteiger partial charge in [0, 0.05) is 5.69 Å². The van der Waals surface area contributed by atoms with E-state index in [1.807, 2.05) is 54.6 Å². The summed E-state index contributed by atoms with van der Waals surface area (Å²) < 4.78 is 5.81. The number of nitrogens with one attached hydrogen (secondary N) is 1. The summed E-state index contributed by atoms with van der Waals surface area (Å²) >= 11 is 0. The van der Waals surface area contributed by atoms with Crippen LogP contribution in [0.1, 0.15) is 36.5 Å². The van der Waals surface area contributed by atoms with Gasteiger partial charge in [-0.1, -0.05) is 67.9 Å². The summed E-state index contributed by atoms with van der Waals surface area (Å²) in [6.07, 6.45) is 3.54. The highest BCUT2D eigenvalue weighted by atomic mass is 16.5. The molecule has 0 saturated heterocycles. The van der Waals surface area contributed by atoms with Crippen molar-refractivity contribution in [2.75, 3.05) is 5.32 Å². The number of benzene rings is 3. The minimum absolute atomic E-state index is 0.413. The van der Waals surface area contributed by atoms with Crippen LogP contribution in [0.25, 0.3) is 0 Å². The quantitative estimate of drug-likeness (QED) is 0.375. The third-order valence-corrected chi connectivity index (χ3v) is 4.65. The standard InChI is InChI=1S/C25H29N3O/c1-2-3-7-20-10-14-23(15-11-20)28-25(26)27-18-21-12-16-24(17-13-21)29-19-22-8-5-4-6-9-22/h4-6,8-17H,2-3,7,18-19H2,1H3,(H3,26,27,28). The van der Waals surface area contributed by atoms with Gasteiger partial charge in [0.1, 0.15) is 12.4 Å². The van der Waals surface area contributed by atoms with Gasteiger partial charge in [-0.3, -0.25) is 0 Å². The van der Waals surface area contributed by atoms with Gasteiger partial charge in [0.15, 0.2) is 5.96 Å². The maximum Gasteiger partial charge on any atom is 0.193 e. The minimum atomic E-state index is 0.413. The lowest BCUT2D eigenvalue weighted by Crippen LogP contribution is -2.22. The summed E-state index contributed by atoms with van der Waals surface area (Å²) in [7, 11) is 0. The van der Waals surface area contributed by atoms with E-state index in [0.717, 1.165) is 29.0 Å². The van der Waals surface area contributed by atoms with Crippen LogP contribution >= 0.6 is 0 Å². The Kier molecular flexibility index (Phi) is 7.70. The third kappa shape index (κ3) is 7.00. The van der Waals surface area contributed by atoms with Crippen molar-refractivity contribution >= 4 is 11.6 Å². The lowest BCUT2D eigenvalue weighted by molar-refractivity contribution is 0.306. The Hall–Kier alpha value is -3.27. The molecule has 0 fully saturated rings. The second kappa shape index (κ2) is 10.9. The first-order valence-electron chi connectivity index (χ1n) is 10.1. The van der Waals surface area contributed by atoms with Gasteiger partial charge in [0.25, 0.3) is 0 Å². The van der Waals surface area contributed by atoms with Crippen LogP contribution in [0.3, 0.4) is 0 Å². The number of rotatable bonds is 9. The van der Waals surface area contributed by atoms with Crippen LogP contribution in [0, 0.1) is 0 Å². The highest BCUT2D eigenvalue weighted by Gasteiger charge is 1.99. The topological polar surface area (TPSA) is 59.6 Å². The minimum Gasteiger partial charge on any atom is -0.489 e. The van der Waals surface area contributed by atoms with Crippen molar-refractivity contribution in [2.45, 2.75) is 39.3 Å². The zero-order chi connectivity index (χ0) is 20.3. The first-order chi connectivity index (χ1) is 14.2. The second-order valence-corrected chi connectivity index (χ2v) is 7.05. The summed E-state index contributed by atoms with van der Waals surface area (Å²) in [5.74, 6) is 1.26. The van der Waals surface area contributed by atoms with E-state index in [0.29, 0.717) is 19.1 Å². The van der Waals surface area contributed by atoms with Crippen molar-refractivity contribution in [3.05, 3.63) is 95.6 Å². The molecular weight excluding hydrogens is 358 g/mol. The molecule has 0 atom stereocenters. The average Bonchev–Trinajstić information content (AvgIpc) is 2.77. The Morgan fingerprint density at radius 2 is 1.55 bits per heavy atom. The van der Waals surface area contributed by atoms with E-state index in [1.54, 1.807) is 0 Å². The first-order valence-corrected chi connectivity index (χ1v) is 10.1. The number of nitrogens with two attached hydrogens (primary N) is 1. The van der Waals surface area contributed by atoms with Gasteiger partial charge in [-0.2, -0.15) is 0 Å². The molecule has 0 aliphatic rings. The molecule has 0 saturated carbocycles. The number of anilines is 1. The lowest BCUT2D eigenvalue weighted by atomic mass is 10.1. The largest absolute Gasteiger partial charge is 0.489 e. The molecule has 3 aromatic rings. The van der Waals surface area contributed by atoms with E-state index in [1.165, 1.54) is 18.4 Å². The molecule has 0 aromatic heterocycles. The van der Waals surface area contributed by atoms with Crippen molar-refractivity contribution in [2.24, 2.45) is 10.7 Å².